The molecule has 10 nitrogen and oxygen atoms in total. The summed E-state index contributed by atoms with van der Waals surface area (Å²) in [5.74, 6) is 1.26. The lowest BCUT2D eigenvalue weighted by atomic mass is 10.2. The number of amides is 1. The Morgan fingerprint density at radius 3 is 2.13 bits per heavy atom. The number of carbonyl (C=O) groups excluding carboxylic acids is 1. The molecule has 0 spiro atoms. The van der Waals surface area contributed by atoms with Crippen molar-refractivity contribution in [3.05, 3.63) is 66.2 Å². The maximum Gasteiger partial charge on any atom is 0.251 e. The summed E-state index contributed by atoms with van der Waals surface area (Å²) >= 11 is 0. The number of nitrogens with one attached hydrogen (secondary N) is 4. The smallest absolute Gasteiger partial charge is 0.251 e. The van der Waals surface area contributed by atoms with Crippen LogP contribution in [-0.4, -0.2) is 72.6 Å². The van der Waals surface area contributed by atoms with Gasteiger partial charge >= 0.3 is 0 Å². The number of rotatable bonds is 9. The molecule has 0 aliphatic rings. The molecule has 38 heavy (non-hydrogen) atoms. The Hall–Kier alpha value is -4.22. The van der Waals surface area contributed by atoms with Gasteiger partial charge in [-0.2, -0.15) is 0 Å². The zero-order valence-corrected chi connectivity index (χ0v) is 22.2. The number of fused-ring (bicyclic) bond motifs is 2. The van der Waals surface area contributed by atoms with E-state index in [1.54, 1.807) is 30.3 Å². The quantitative estimate of drug-likeness (QED) is 0.214. The Morgan fingerprint density at radius 1 is 0.868 bits per heavy atom. The van der Waals surface area contributed by atoms with Gasteiger partial charge in [0, 0.05) is 28.9 Å². The molecule has 0 saturated carbocycles. The molecular formula is C27H29N7O3S. The van der Waals surface area contributed by atoms with E-state index in [1.807, 2.05) is 44.4 Å². The standard InChI is InChI=1S/C27H29N7O3S/c1-34(2)14-4-13-28-27(35)19-8-12-22-24(16-19)32-26(30-22)18-7-11-21-23(15-18)31-25(29-21)17-5-9-20(10-6-17)33-38(3,36)37/h5-12,15-16,33H,4,13-14H2,1-3H3,(H,28,35)(H,29,31)(H,30,32). The first-order chi connectivity index (χ1) is 18.1. The van der Waals surface area contributed by atoms with E-state index in [-0.39, 0.29) is 5.91 Å². The molecule has 0 aliphatic heterocycles. The second kappa shape index (κ2) is 10.3. The van der Waals surface area contributed by atoms with E-state index < -0.39 is 10.0 Å². The van der Waals surface area contributed by atoms with Gasteiger partial charge in [-0.25, -0.2) is 18.4 Å². The van der Waals surface area contributed by atoms with Gasteiger partial charge in [0.2, 0.25) is 10.0 Å². The second-order valence-electron chi connectivity index (χ2n) is 9.50. The van der Waals surface area contributed by atoms with Crippen LogP contribution in [0.1, 0.15) is 16.8 Å². The zero-order chi connectivity index (χ0) is 26.9. The summed E-state index contributed by atoms with van der Waals surface area (Å²) in [6.07, 6.45) is 2.00. The maximum atomic E-state index is 12.6. The molecule has 0 radical (unpaired) electrons. The van der Waals surface area contributed by atoms with Gasteiger partial charge in [-0.05, 0) is 87.7 Å². The van der Waals surface area contributed by atoms with Crippen molar-refractivity contribution in [3.8, 4) is 22.8 Å². The lowest BCUT2D eigenvalue weighted by Crippen LogP contribution is -2.27. The van der Waals surface area contributed by atoms with Crippen molar-refractivity contribution in [2.24, 2.45) is 0 Å². The molecule has 0 unspecified atom stereocenters. The molecule has 5 aromatic rings. The molecule has 2 aromatic heterocycles. The highest BCUT2D eigenvalue weighted by molar-refractivity contribution is 7.92. The van der Waals surface area contributed by atoms with Crippen LogP contribution in [0.25, 0.3) is 44.8 Å². The molecule has 0 fully saturated rings. The molecule has 196 valence electrons. The molecule has 5 rings (SSSR count). The third-order valence-electron chi connectivity index (χ3n) is 6.03. The maximum absolute atomic E-state index is 12.6. The first-order valence-corrected chi connectivity index (χ1v) is 14.0. The molecule has 0 atom stereocenters. The number of nitrogens with zero attached hydrogens (tertiary/aromatic N) is 3. The number of anilines is 1. The number of carbonyl (C=O) groups is 1. The number of sulfonamides is 1. The van der Waals surface area contributed by atoms with Gasteiger partial charge in [-0.1, -0.05) is 0 Å². The second-order valence-corrected chi connectivity index (χ2v) is 11.2. The minimum atomic E-state index is -3.33. The summed E-state index contributed by atoms with van der Waals surface area (Å²) in [7, 11) is 0.686. The molecular weight excluding hydrogens is 502 g/mol. The number of H-pyrrole nitrogens is 2. The predicted octanol–water partition coefficient (Wildman–Crippen LogP) is 3.83. The summed E-state index contributed by atoms with van der Waals surface area (Å²) in [5.41, 5.74) is 5.99. The topological polar surface area (TPSA) is 136 Å². The largest absolute Gasteiger partial charge is 0.352 e. The van der Waals surface area contributed by atoms with Crippen molar-refractivity contribution in [2.75, 3.05) is 38.2 Å². The van der Waals surface area contributed by atoms with Crippen molar-refractivity contribution < 1.29 is 13.2 Å². The molecule has 4 N–H and O–H groups in total. The highest BCUT2D eigenvalue weighted by Gasteiger charge is 2.12. The highest BCUT2D eigenvalue weighted by Crippen LogP contribution is 2.27. The number of hydrogen-bond acceptors (Lipinski definition) is 6. The van der Waals surface area contributed by atoms with Crippen molar-refractivity contribution in [2.45, 2.75) is 6.42 Å². The van der Waals surface area contributed by atoms with E-state index in [0.29, 0.717) is 29.4 Å². The summed E-state index contributed by atoms with van der Waals surface area (Å²) in [4.78, 5) is 30.7. The monoisotopic (exact) mass is 531 g/mol. The molecule has 11 heteroatoms. The third-order valence-corrected chi connectivity index (χ3v) is 6.64. The average Bonchev–Trinajstić information content (AvgIpc) is 3.49. The Balaban J connectivity index is 1.34. The van der Waals surface area contributed by atoms with Crippen LogP contribution in [0, 0.1) is 0 Å². The summed E-state index contributed by atoms with van der Waals surface area (Å²) in [5, 5.41) is 2.97. The fourth-order valence-corrected chi connectivity index (χ4v) is 4.75. The van der Waals surface area contributed by atoms with Crippen LogP contribution in [-0.2, 0) is 10.0 Å². The first-order valence-electron chi connectivity index (χ1n) is 12.2. The fourth-order valence-electron chi connectivity index (χ4n) is 4.19. The summed E-state index contributed by atoms with van der Waals surface area (Å²) in [6.45, 7) is 1.54. The van der Waals surface area contributed by atoms with Crippen LogP contribution < -0.4 is 10.0 Å². The molecule has 0 saturated heterocycles. The predicted molar refractivity (Wildman–Crippen MR) is 151 cm³/mol. The van der Waals surface area contributed by atoms with Crippen molar-refractivity contribution in [1.29, 1.82) is 0 Å². The van der Waals surface area contributed by atoms with Crippen LogP contribution in [0.3, 0.4) is 0 Å². The van der Waals surface area contributed by atoms with E-state index in [1.165, 1.54) is 0 Å². The van der Waals surface area contributed by atoms with Gasteiger partial charge in [0.25, 0.3) is 5.91 Å². The lowest BCUT2D eigenvalue weighted by molar-refractivity contribution is 0.0952. The third kappa shape index (κ3) is 5.84. The van der Waals surface area contributed by atoms with Crippen LogP contribution in [0.15, 0.2) is 60.7 Å². The lowest BCUT2D eigenvalue weighted by Gasteiger charge is -2.09. The number of aromatic amines is 2. The molecule has 0 aliphatic carbocycles. The Bertz CT molecular complexity index is 1720. The minimum Gasteiger partial charge on any atom is -0.352 e. The Labute approximate surface area is 220 Å². The summed E-state index contributed by atoms with van der Waals surface area (Å²) in [6, 6.07) is 18.3. The van der Waals surface area contributed by atoms with Crippen molar-refractivity contribution >= 4 is 43.7 Å². The van der Waals surface area contributed by atoms with E-state index in [4.69, 9.17) is 4.98 Å². The van der Waals surface area contributed by atoms with Gasteiger partial charge in [0.1, 0.15) is 11.6 Å². The average molecular weight is 532 g/mol. The van der Waals surface area contributed by atoms with Crippen LogP contribution in [0.2, 0.25) is 0 Å². The Morgan fingerprint density at radius 2 is 1.47 bits per heavy atom. The Kier molecular flexibility index (Phi) is 6.87. The van der Waals surface area contributed by atoms with Gasteiger partial charge in [-0.3, -0.25) is 9.52 Å². The van der Waals surface area contributed by atoms with Crippen LogP contribution >= 0.6 is 0 Å². The number of benzene rings is 3. The van der Waals surface area contributed by atoms with Gasteiger partial charge < -0.3 is 20.2 Å². The van der Waals surface area contributed by atoms with Crippen molar-refractivity contribution in [1.82, 2.24) is 30.2 Å². The fraction of sp³-hybridized carbons (Fsp3) is 0.222. The minimum absolute atomic E-state index is 0.103. The SMILES string of the molecule is CN(C)CCCNC(=O)c1ccc2nc(-c3ccc4nc(-c5ccc(NS(C)(=O)=O)cc5)[nH]c4c3)[nH]c2c1. The van der Waals surface area contributed by atoms with Gasteiger partial charge in [0.15, 0.2) is 0 Å². The zero-order valence-electron chi connectivity index (χ0n) is 21.4. The highest BCUT2D eigenvalue weighted by atomic mass is 32.2. The molecule has 1 amide bonds. The molecule has 2 heterocycles. The van der Waals surface area contributed by atoms with E-state index in [2.05, 4.69) is 29.9 Å². The molecule has 3 aromatic carbocycles. The van der Waals surface area contributed by atoms with Crippen molar-refractivity contribution in [3.63, 3.8) is 0 Å². The number of aromatic nitrogens is 4. The van der Waals surface area contributed by atoms with E-state index in [0.717, 1.165) is 52.4 Å². The van der Waals surface area contributed by atoms with Crippen LogP contribution in [0.4, 0.5) is 5.69 Å². The van der Waals surface area contributed by atoms with Crippen LogP contribution in [0.5, 0.6) is 0 Å². The van der Waals surface area contributed by atoms with Gasteiger partial charge in [-0.15, -0.1) is 0 Å². The summed E-state index contributed by atoms with van der Waals surface area (Å²) < 4.78 is 25.3. The molecule has 0 bridgehead atoms. The van der Waals surface area contributed by atoms with E-state index in [9.17, 15) is 13.2 Å². The van der Waals surface area contributed by atoms with E-state index >= 15 is 0 Å². The number of imidazole rings is 2. The number of hydrogen-bond donors (Lipinski definition) is 4. The normalized spacial score (nSPS) is 11.9. The first kappa shape index (κ1) is 25.4. The van der Waals surface area contributed by atoms with Gasteiger partial charge in [0.05, 0.1) is 28.3 Å².